The van der Waals surface area contributed by atoms with Gasteiger partial charge in [0.1, 0.15) is 5.82 Å². The number of halogens is 4. The molecule has 0 aromatic heterocycles. The van der Waals surface area contributed by atoms with Crippen molar-refractivity contribution in [3.8, 4) is 0 Å². The lowest BCUT2D eigenvalue weighted by Crippen LogP contribution is -2.10. The highest BCUT2D eigenvalue weighted by Crippen LogP contribution is 2.34. The van der Waals surface area contributed by atoms with Crippen LogP contribution in [-0.2, 0) is 6.18 Å². The van der Waals surface area contributed by atoms with Gasteiger partial charge in [-0.25, -0.2) is 4.39 Å². The van der Waals surface area contributed by atoms with Crippen LogP contribution in [0.2, 0.25) is 0 Å². The SMILES string of the molecule is Cc1cc([N+](=O)[O-])cc(C(F)(F)F)c1F. The second kappa shape index (κ2) is 3.48. The van der Waals surface area contributed by atoms with E-state index in [4.69, 9.17) is 0 Å². The molecule has 0 saturated carbocycles. The topological polar surface area (TPSA) is 43.1 Å². The van der Waals surface area contributed by atoms with Gasteiger partial charge in [-0.05, 0) is 12.5 Å². The van der Waals surface area contributed by atoms with E-state index in [2.05, 4.69) is 0 Å². The molecule has 0 saturated heterocycles. The fourth-order valence-corrected chi connectivity index (χ4v) is 1.06. The number of rotatable bonds is 1. The van der Waals surface area contributed by atoms with E-state index >= 15 is 0 Å². The van der Waals surface area contributed by atoms with Crippen LogP contribution in [0.1, 0.15) is 11.1 Å². The summed E-state index contributed by atoms with van der Waals surface area (Å²) < 4.78 is 49.6. The molecule has 82 valence electrons. The third-order valence-corrected chi connectivity index (χ3v) is 1.76. The molecule has 0 unspecified atom stereocenters. The Morgan fingerprint density at radius 2 is 1.87 bits per heavy atom. The molecule has 1 aromatic carbocycles. The van der Waals surface area contributed by atoms with Crippen molar-refractivity contribution >= 4 is 5.69 Å². The maximum atomic E-state index is 13.0. The minimum absolute atomic E-state index is 0.183. The molecule has 0 amide bonds. The number of nitro benzene ring substituents is 1. The molecule has 15 heavy (non-hydrogen) atoms. The maximum absolute atomic E-state index is 13.0. The van der Waals surface area contributed by atoms with Gasteiger partial charge in [-0.3, -0.25) is 10.1 Å². The van der Waals surface area contributed by atoms with E-state index in [9.17, 15) is 27.7 Å². The molecule has 0 aliphatic carbocycles. The molecule has 0 N–H and O–H groups in total. The molecule has 0 aliphatic rings. The summed E-state index contributed by atoms with van der Waals surface area (Å²) in [5.41, 5.74) is -2.80. The summed E-state index contributed by atoms with van der Waals surface area (Å²) >= 11 is 0. The zero-order valence-electron chi connectivity index (χ0n) is 7.43. The Morgan fingerprint density at radius 1 is 1.33 bits per heavy atom. The van der Waals surface area contributed by atoms with Gasteiger partial charge in [-0.1, -0.05) is 0 Å². The first kappa shape index (κ1) is 11.4. The van der Waals surface area contributed by atoms with Crippen molar-refractivity contribution in [2.24, 2.45) is 0 Å². The van der Waals surface area contributed by atoms with Gasteiger partial charge in [0.15, 0.2) is 0 Å². The number of hydrogen-bond donors (Lipinski definition) is 0. The lowest BCUT2D eigenvalue weighted by Gasteiger charge is -2.09. The second-order valence-corrected chi connectivity index (χ2v) is 2.88. The Morgan fingerprint density at radius 3 is 2.27 bits per heavy atom. The van der Waals surface area contributed by atoms with E-state index in [1.54, 1.807) is 0 Å². The summed E-state index contributed by atoms with van der Waals surface area (Å²) in [5, 5.41) is 10.3. The predicted molar refractivity (Wildman–Crippen MR) is 42.8 cm³/mol. The van der Waals surface area contributed by atoms with Crippen molar-refractivity contribution in [1.82, 2.24) is 0 Å². The van der Waals surface area contributed by atoms with E-state index in [0.717, 1.165) is 13.0 Å². The first-order valence-electron chi connectivity index (χ1n) is 3.75. The minimum Gasteiger partial charge on any atom is -0.258 e. The second-order valence-electron chi connectivity index (χ2n) is 2.88. The number of hydrogen-bond acceptors (Lipinski definition) is 2. The van der Waals surface area contributed by atoms with Crippen molar-refractivity contribution in [3.63, 3.8) is 0 Å². The number of non-ortho nitro benzene ring substituents is 1. The van der Waals surface area contributed by atoms with Gasteiger partial charge in [0.05, 0.1) is 10.5 Å². The van der Waals surface area contributed by atoms with Crippen LogP contribution < -0.4 is 0 Å². The molecule has 0 radical (unpaired) electrons. The van der Waals surface area contributed by atoms with E-state index < -0.39 is 33.7 Å². The Kier molecular flexibility index (Phi) is 2.65. The molecular formula is C8H5F4NO2. The molecule has 3 nitrogen and oxygen atoms in total. The molecule has 1 rings (SSSR count). The third-order valence-electron chi connectivity index (χ3n) is 1.76. The van der Waals surface area contributed by atoms with Crippen LogP contribution in [0.25, 0.3) is 0 Å². The first-order valence-corrected chi connectivity index (χ1v) is 3.75. The molecule has 0 atom stereocenters. The zero-order chi connectivity index (χ0) is 11.8. The largest absolute Gasteiger partial charge is 0.419 e. The van der Waals surface area contributed by atoms with Crippen molar-refractivity contribution in [2.75, 3.05) is 0 Å². The van der Waals surface area contributed by atoms with Gasteiger partial charge < -0.3 is 0 Å². The molecule has 0 bridgehead atoms. The molecule has 0 spiro atoms. The summed E-state index contributed by atoms with van der Waals surface area (Å²) in [6.07, 6.45) is -4.93. The van der Waals surface area contributed by atoms with Gasteiger partial charge >= 0.3 is 6.18 Å². The lowest BCUT2D eigenvalue weighted by molar-refractivity contribution is -0.385. The van der Waals surface area contributed by atoms with Crippen LogP contribution in [-0.4, -0.2) is 4.92 Å². The van der Waals surface area contributed by atoms with Gasteiger partial charge in [0.25, 0.3) is 5.69 Å². The number of aryl methyl sites for hydroxylation is 1. The fourth-order valence-electron chi connectivity index (χ4n) is 1.06. The lowest BCUT2D eigenvalue weighted by atomic mass is 10.1. The first-order chi connectivity index (χ1) is 6.73. The molecule has 1 aromatic rings. The van der Waals surface area contributed by atoms with E-state index in [1.807, 2.05) is 0 Å². The van der Waals surface area contributed by atoms with Crippen molar-refractivity contribution in [1.29, 1.82) is 0 Å². The monoisotopic (exact) mass is 223 g/mol. The highest BCUT2D eigenvalue weighted by molar-refractivity contribution is 5.41. The number of benzene rings is 1. The summed E-state index contributed by atoms with van der Waals surface area (Å²) in [4.78, 5) is 9.26. The Hall–Kier alpha value is -1.66. The van der Waals surface area contributed by atoms with Crippen LogP contribution in [0.4, 0.5) is 23.2 Å². The van der Waals surface area contributed by atoms with Gasteiger partial charge in [-0.2, -0.15) is 13.2 Å². The minimum atomic E-state index is -4.93. The number of nitrogens with zero attached hydrogens (tertiary/aromatic N) is 1. The standard InChI is InChI=1S/C8H5F4NO2/c1-4-2-5(13(14)15)3-6(7(4)9)8(10,11)12/h2-3H,1H3. The predicted octanol–water partition coefficient (Wildman–Crippen LogP) is 3.06. The molecule has 0 aliphatic heterocycles. The van der Waals surface area contributed by atoms with Crippen molar-refractivity contribution in [2.45, 2.75) is 13.1 Å². The van der Waals surface area contributed by atoms with Crippen LogP contribution >= 0.6 is 0 Å². The quantitative estimate of drug-likeness (QED) is 0.417. The average Bonchev–Trinajstić information content (AvgIpc) is 2.06. The summed E-state index contributed by atoms with van der Waals surface area (Å²) in [6, 6.07) is 0.937. The van der Waals surface area contributed by atoms with Gasteiger partial charge in [0.2, 0.25) is 0 Å². The number of nitro groups is 1. The smallest absolute Gasteiger partial charge is 0.258 e. The third kappa shape index (κ3) is 2.23. The normalized spacial score (nSPS) is 11.5. The molecule has 7 heteroatoms. The Balaban J connectivity index is 3.45. The van der Waals surface area contributed by atoms with Crippen LogP contribution in [0, 0.1) is 22.9 Å². The number of alkyl halides is 3. The fraction of sp³-hybridized carbons (Fsp3) is 0.250. The van der Waals surface area contributed by atoms with Crippen LogP contribution in [0.15, 0.2) is 12.1 Å². The van der Waals surface area contributed by atoms with E-state index in [-0.39, 0.29) is 6.07 Å². The maximum Gasteiger partial charge on any atom is 0.419 e. The zero-order valence-corrected chi connectivity index (χ0v) is 7.43. The molecule has 0 heterocycles. The molecular weight excluding hydrogens is 218 g/mol. The summed E-state index contributed by atoms with van der Waals surface area (Å²) in [5.74, 6) is -1.48. The van der Waals surface area contributed by atoms with E-state index in [1.165, 1.54) is 0 Å². The summed E-state index contributed by atoms with van der Waals surface area (Å²) in [7, 11) is 0. The molecule has 0 fully saturated rings. The van der Waals surface area contributed by atoms with Gasteiger partial charge in [-0.15, -0.1) is 0 Å². The highest BCUT2D eigenvalue weighted by Gasteiger charge is 2.36. The Labute approximate surface area is 81.5 Å². The van der Waals surface area contributed by atoms with Gasteiger partial charge in [0, 0.05) is 12.1 Å². The van der Waals surface area contributed by atoms with Crippen LogP contribution in [0.3, 0.4) is 0 Å². The van der Waals surface area contributed by atoms with Crippen LogP contribution in [0.5, 0.6) is 0 Å². The van der Waals surface area contributed by atoms with Crippen molar-refractivity contribution < 1.29 is 22.5 Å². The highest BCUT2D eigenvalue weighted by atomic mass is 19.4. The Bertz CT molecular complexity index is 414. The van der Waals surface area contributed by atoms with Crippen molar-refractivity contribution in [3.05, 3.63) is 39.2 Å². The average molecular weight is 223 g/mol. The van der Waals surface area contributed by atoms with E-state index in [0.29, 0.717) is 0 Å². The summed E-state index contributed by atoms with van der Waals surface area (Å²) in [6.45, 7) is 1.04.